The van der Waals surface area contributed by atoms with Crippen LogP contribution in [0.4, 0.5) is 0 Å². The van der Waals surface area contributed by atoms with Crippen molar-refractivity contribution in [2.45, 2.75) is 66.5 Å². The molecule has 4 heteroatoms. The lowest BCUT2D eigenvalue weighted by Gasteiger charge is -2.48. The van der Waals surface area contributed by atoms with Crippen LogP contribution in [0.5, 0.6) is 0 Å². The predicted molar refractivity (Wildman–Crippen MR) is 76.6 cm³/mol. The summed E-state index contributed by atoms with van der Waals surface area (Å²) in [6, 6.07) is -0.433. The molecule has 1 heterocycles. The molecule has 2 amide bonds. The Hall–Kier alpha value is -1.06. The molecule has 0 aromatic heterocycles. The summed E-state index contributed by atoms with van der Waals surface area (Å²) in [6.45, 7) is 14.4. The molecule has 0 radical (unpaired) electrons. The first-order chi connectivity index (χ1) is 8.51. The normalized spacial score (nSPS) is 25.2. The predicted octanol–water partition coefficient (Wildman–Crippen LogP) is 2.18. The molecule has 0 bridgehead atoms. The van der Waals surface area contributed by atoms with Crippen LogP contribution in [0.3, 0.4) is 0 Å². The van der Waals surface area contributed by atoms with Gasteiger partial charge in [0.15, 0.2) is 0 Å². The van der Waals surface area contributed by atoms with Crippen LogP contribution in [0.1, 0.15) is 54.9 Å². The van der Waals surface area contributed by atoms with E-state index in [1.54, 1.807) is 4.90 Å². The molecule has 1 fully saturated rings. The molecule has 0 aromatic carbocycles. The summed E-state index contributed by atoms with van der Waals surface area (Å²) in [5.41, 5.74) is -1.03. The highest BCUT2D eigenvalue weighted by molar-refractivity contribution is 5.99. The van der Waals surface area contributed by atoms with E-state index in [4.69, 9.17) is 0 Å². The Bertz CT molecular complexity index is 369. The van der Waals surface area contributed by atoms with E-state index in [2.05, 4.69) is 19.2 Å². The van der Waals surface area contributed by atoms with Gasteiger partial charge in [0, 0.05) is 6.54 Å². The molecular formula is C15H28N2O2. The summed E-state index contributed by atoms with van der Waals surface area (Å²) < 4.78 is 0. The molecule has 1 N–H and O–H groups in total. The molecule has 0 aliphatic carbocycles. The van der Waals surface area contributed by atoms with Gasteiger partial charge < -0.3 is 10.2 Å². The van der Waals surface area contributed by atoms with Gasteiger partial charge in [-0.05, 0) is 25.2 Å². The number of rotatable bonds is 3. The standard InChI is InChI=1S/C15H28N2O2/c1-8-10(2)9-17-12(18)11(14(3,4)5)16-13(19)15(17,6)7/h10-11H,8-9H2,1-7H3,(H,16,19). The van der Waals surface area contributed by atoms with Crippen molar-refractivity contribution < 1.29 is 9.59 Å². The number of carbonyl (C=O) groups excluding carboxylic acids is 2. The molecule has 1 aliphatic heterocycles. The zero-order valence-corrected chi connectivity index (χ0v) is 13.3. The minimum absolute atomic E-state index is 0.0393. The van der Waals surface area contributed by atoms with E-state index in [1.807, 2.05) is 34.6 Å². The van der Waals surface area contributed by atoms with E-state index in [9.17, 15) is 9.59 Å². The van der Waals surface area contributed by atoms with Crippen LogP contribution in [0.2, 0.25) is 0 Å². The fraction of sp³-hybridized carbons (Fsp3) is 0.867. The molecule has 2 unspecified atom stereocenters. The van der Waals surface area contributed by atoms with Crippen molar-refractivity contribution in [1.82, 2.24) is 10.2 Å². The van der Waals surface area contributed by atoms with E-state index in [-0.39, 0.29) is 17.2 Å². The number of hydrogen-bond acceptors (Lipinski definition) is 2. The molecule has 0 saturated carbocycles. The Morgan fingerprint density at radius 3 is 2.26 bits per heavy atom. The van der Waals surface area contributed by atoms with E-state index < -0.39 is 11.6 Å². The van der Waals surface area contributed by atoms with E-state index in [0.29, 0.717) is 12.5 Å². The summed E-state index contributed by atoms with van der Waals surface area (Å²) in [5, 5.41) is 2.89. The fourth-order valence-electron chi connectivity index (χ4n) is 2.27. The third kappa shape index (κ3) is 3.10. The average molecular weight is 268 g/mol. The molecule has 2 atom stereocenters. The van der Waals surface area contributed by atoms with Crippen LogP contribution in [-0.4, -0.2) is 34.8 Å². The molecule has 1 aliphatic rings. The van der Waals surface area contributed by atoms with Gasteiger partial charge in [0.2, 0.25) is 11.8 Å². The maximum absolute atomic E-state index is 12.7. The SMILES string of the molecule is CCC(C)CN1C(=O)C(C(C)(C)C)NC(=O)C1(C)C. The average Bonchev–Trinajstić information content (AvgIpc) is 2.27. The summed E-state index contributed by atoms with van der Waals surface area (Å²) >= 11 is 0. The maximum Gasteiger partial charge on any atom is 0.246 e. The number of amides is 2. The molecule has 19 heavy (non-hydrogen) atoms. The largest absolute Gasteiger partial charge is 0.342 e. The number of nitrogens with zero attached hydrogens (tertiary/aromatic N) is 1. The van der Waals surface area contributed by atoms with Gasteiger partial charge in [-0.25, -0.2) is 0 Å². The van der Waals surface area contributed by atoms with Crippen molar-refractivity contribution in [3.05, 3.63) is 0 Å². The Balaban J connectivity index is 3.07. The molecule has 0 aromatic rings. The van der Waals surface area contributed by atoms with Crippen molar-refractivity contribution >= 4 is 11.8 Å². The van der Waals surface area contributed by atoms with Crippen molar-refractivity contribution in [1.29, 1.82) is 0 Å². The molecular weight excluding hydrogens is 240 g/mol. The van der Waals surface area contributed by atoms with Gasteiger partial charge in [0.1, 0.15) is 11.6 Å². The van der Waals surface area contributed by atoms with E-state index in [1.165, 1.54) is 0 Å². The van der Waals surface area contributed by atoms with Gasteiger partial charge in [0.25, 0.3) is 0 Å². The topological polar surface area (TPSA) is 49.4 Å². The molecule has 0 spiro atoms. The van der Waals surface area contributed by atoms with Crippen molar-refractivity contribution in [3.8, 4) is 0 Å². The van der Waals surface area contributed by atoms with Crippen molar-refractivity contribution in [3.63, 3.8) is 0 Å². The van der Waals surface area contributed by atoms with Crippen LogP contribution in [-0.2, 0) is 9.59 Å². The lowest BCUT2D eigenvalue weighted by Crippen LogP contribution is -2.71. The van der Waals surface area contributed by atoms with Crippen LogP contribution < -0.4 is 5.32 Å². The van der Waals surface area contributed by atoms with Gasteiger partial charge in [0.05, 0.1) is 0 Å². The first-order valence-electron chi connectivity index (χ1n) is 7.14. The first kappa shape index (κ1) is 16.0. The highest BCUT2D eigenvalue weighted by Gasteiger charge is 2.49. The highest BCUT2D eigenvalue weighted by Crippen LogP contribution is 2.30. The van der Waals surface area contributed by atoms with Crippen molar-refractivity contribution in [2.75, 3.05) is 6.54 Å². The number of carbonyl (C=O) groups is 2. The second-order valence-electron chi connectivity index (χ2n) is 7.29. The molecule has 110 valence electrons. The Morgan fingerprint density at radius 1 is 1.32 bits per heavy atom. The Kier molecular flexibility index (Phi) is 4.33. The molecule has 1 rings (SSSR count). The van der Waals surface area contributed by atoms with Crippen molar-refractivity contribution in [2.24, 2.45) is 11.3 Å². The first-order valence-corrected chi connectivity index (χ1v) is 7.14. The zero-order chi connectivity index (χ0) is 15.0. The highest BCUT2D eigenvalue weighted by atomic mass is 16.2. The minimum Gasteiger partial charge on any atom is -0.342 e. The maximum atomic E-state index is 12.7. The second kappa shape index (κ2) is 5.14. The number of piperazine rings is 1. The smallest absolute Gasteiger partial charge is 0.246 e. The van der Waals surface area contributed by atoms with Gasteiger partial charge in [-0.2, -0.15) is 0 Å². The zero-order valence-electron chi connectivity index (χ0n) is 13.3. The second-order valence-corrected chi connectivity index (χ2v) is 7.29. The molecule has 1 saturated heterocycles. The summed E-state index contributed by atoms with van der Waals surface area (Å²) in [7, 11) is 0. The fourth-order valence-corrected chi connectivity index (χ4v) is 2.27. The third-order valence-electron chi connectivity index (χ3n) is 4.08. The summed E-state index contributed by atoms with van der Waals surface area (Å²) in [5.74, 6) is 0.377. The monoisotopic (exact) mass is 268 g/mol. The van der Waals surface area contributed by atoms with Crippen LogP contribution in [0.15, 0.2) is 0 Å². The van der Waals surface area contributed by atoms with E-state index >= 15 is 0 Å². The van der Waals surface area contributed by atoms with Gasteiger partial charge >= 0.3 is 0 Å². The van der Waals surface area contributed by atoms with Gasteiger partial charge in [-0.15, -0.1) is 0 Å². The van der Waals surface area contributed by atoms with E-state index in [0.717, 1.165) is 6.42 Å². The molecule has 4 nitrogen and oxygen atoms in total. The van der Waals surface area contributed by atoms with Gasteiger partial charge in [-0.3, -0.25) is 9.59 Å². The summed E-state index contributed by atoms with van der Waals surface area (Å²) in [6.07, 6.45) is 1.00. The summed E-state index contributed by atoms with van der Waals surface area (Å²) in [4.78, 5) is 26.7. The third-order valence-corrected chi connectivity index (χ3v) is 4.08. The van der Waals surface area contributed by atoms with Crippen LogP contribution in [0, 0.1) is 11.3 Å². The van der Waals surface area contributed by atoms with Gasteiger partial charge in [-0.1, -0.05) is 41.0 Å². The van der Waals surface area contributed by atoms with Crippen LogP contribution in [0.25, 0.3) is 0 Å². The lowest BCUT2D eigenvalue weighted by molar-refractivity contribution is -0.159. The number of hydrogen-bond donors (Lipinski definition) is 1. The minimum atomic E-state index is -0.762. The quantitative estimate of drug-likeness (QED) is 0.853. The Morgan fingerprint density at radius 2 is 1.84 bits per heavy atom. The lowest BCUT2D eigenvalue weighted by atomic mass is 9.81. The van der Waals surface area contributed by atoms with Crippen LogP contribution >= 0.6 is 0 Å². The Labute approximate surface area is 116 Å². The number of nitrogens with one attached hydrogen (secondary N) is 1.